The van der Waals surface area contributed by atoms with Crippen molar-refractivity contribution in [1.29, 1.82) is 0 Å². The van der Waals surface area contributed by atoms with Gasteiger partial charge in [-0.2, -0.15) is 0 Å². The Kier molecular flexibility index (Phi) is 2.85. The molecule has 0 fully saturated rings. The topological polar surface area (TPSA) is 0 Å². The number of hydrogen-bond donors (Lipinski definition) is 0. The molecule has 2 aromatic carbocycles. The van der Waals surface area contributed by atoms with E-state index in [1.807, 2.05) is 0 Å². The van der Waals surface area contributed by atoms with E-state index in [2.05, 4.69) is 73.7 Å². The average molecular weight is 272 g/mol. The van der Waals surface area contributed by atoms with Crippen LogP contribution in [-0.2, 0) is 12.8 Å². The zero-order valence-corrected chi connectivity index (χ0v) is 12.5. The molecule has 2 aliphatic rings. The van der Waals surface area contributed by atoms with Crippen LogP contribution >= 0.6 is 0 Å². The molecular weight excluding hydrogens is 252 g/mol. The first-order chi connectivity index (χ1) is 10.3. The Morgan fingerprint density at radius 2 is 1.48 bits per heavy atom. The fraction of sp³-hybridized carbons (Fsp3) is 0.238. The van der Waals surface area contributed by atoms with Gasteiger partial charge in [0.2, 0.25) is 0 Å². The molecule has 0 bridgehead atoms. The summed E-state index contributed by atoms with van der Waals surface area (Å²) in [6.45, 7) is 2.29. The lowest BCUT2D eigenvalue weighted by Gasteiger charge is -2.40. The smallest absolute Gasteiger partial charge is 0.0178 e. The van der Waals surface area contributed by atoms with E-state index in [-0.39, 0.29) is 5.41 Å². The minimum absolute atomic E-state index is 0.192. The Bertz CT molecular complexity index is 744. The van der Waals surface area contributed by atoms with Gasteiger partial charge in [-0.25, -0.2) is 0 Å². The Morgan fingerprint density at radius 3 is 2.19 bits per heavy atom. The number of benzene rings is 2. The van der Waals surface area contributed by atoms with Crippen molar-refractivity contribution in [2.75, 3.05) is 0 Å². The maximum absolute atomic E-state index is 2.46. The quantitative estimate of drug-likeness (QED) is 0.661. The Balaban J connectivity index is 1.83. The van der Waals surface area contributed by atoms with Crippen molar-refractivity contribution >= 4 is 12.2 Å². The molecule has 1 spiro atoms. The first-order valence-corrected chi connectivity index (χ1v) is 7.87. The molecule has 2 aliphatic carbocycles. The summed E-state index contributed by atoms with van der Waals surface area (Å²) in [4.78, 5) is 0. The number of fused-ring (bicyclic) bond motifs is 2. The highest BCUT2D eigenvalue weighted by Gasteiger charge is 2.36. The zero-order chi connectivity index (χ0) is 14.3. The van der Waals surface area contributed by atoms with E-state index in [1.165, 1.54) is 22.3 Å². The fourth-order valence-corrected chi connectivity index (χ4v) is 3.92. The molecule has 0 saturated carbocycles. The van der Waals surface area contributed by atoms with Gasteiger partial charge in [-0.05, 0) is 41.5 Å². The van der Waals surface area contributed by atoms with Crippen LogP contribution in [0.4, 0.5) is 0 Å². The third-order valence-corrected chi connectivity index (χ3v) is 5.05. The van der Waals surface area contributed by atoms with Gasteiger partial charge in [-0.15, -0.1) is 0 Å². The van der Waals surface area contributed by atoms with Crippen LogP contribution in [0.2, 0.25) is 0 Å². The summed E-state index contributed by atoms with van der Waals surface area (Å²) < 4.78 is 0. The highest BCUT2D eigenvalue weighted by atomic mass is 14.4. The molecule has 0 saturated heterocycles. The summed E-state index contributed by atoms with van der Waals surface area (Å²) in [5.74, 6) is 0. The van der Waals surface area contributed by atoms with Gasteiger partial charge in [0.05, 0.1) is 0 Å². The molecule has 0 radical (unpaired) electrons. The highest BCUT2D eigenvalue weighted by molar-refractivity contribution is 5.67. The predicted molar refractivity (Wildman–Crippen MR) is 90.0 cm³/mol. The zero-order valence-electron chi connectivity index (χ0n) is 12.5. The van der Waals surface area contributed by atoms with Crippen molar-refractivity contribution < 1.29 is 0 Å². The van der Waals surface area contributed by atoms with Crippen molar-refractivity contribution in [3.05, 3.63) is 82.4 Å². The molecule has 0 nitrogen and oxygen atoms in total. The summed E-state index contributed by atoms with van der Waals surface area (Å²) in [5, 5.41) is 0. The third kappa shape index (κ3) is 1.98. The largest absolute Gasteiger partial charge is 0.0730 e. The molecule has 21 heavy (non-hydrogen) atoms. The van der Waals surface area contributed by atoms with Crippen LogP contribution in [-0.4, -0.2) is 0 Å². The van der Waals surface area contributed by atoms with Gasteiger partial charge in [0.25, 0.3) is 0 Å². The maximum Gasteiger partial charge on any atom is 0.0178 e. The number of rotatable bonds is 1. The Labute approximate surface area is 126 Å². The van der Waals surface area contributed by atoms with Crippen molar-refractivity contribution in [2.24, 2.45) is 5.41 Å². The van der Waals surface area contributed by atoms with Gasteiger partial charge in [0.1, 0.15) is 0 Å². The van der Waals surface area contributed by atoms with E-state index in [0.717, 1.165) is 19.3 Å². The third-order valence-electron chi connectivity index (χ3n) is 5.05. The molecule has 0 N–H and O–H groups in total. The summed E-state index contributed by atoms with van der Waals surface area (Å²) in [6.07, 6.45) is 10.6. The number of hydrogen-bond acceptors (Lipinski definition) is 0. The van der Waals surface area contributed by atoms with E-state index < -0.39 is 0 Å². The van der Waals surface area contributed by atoms with Gasteiger partial charge in [-0.3, -0.25) is 0 Å². The highest BCUT2D eigenvalue weighted by Crippen LogP contribution is 2.46. The molecule has 4 rings (SSSR count). The van der Waals surface area contributed by atoms with Gasteiger partial charge in [0.15, 0.2) is 0 Å². The summed E-state index contributed by atoms with van der Waals surface area (Å²) in [5.41, 5.74) is 7.53. The van der Waals surface area contributed by atoms with Crippen LogP contribution in [0, 0.1) is 5.41 Å². The normalized spacial score (nSPS) is 22.6. The lowest BCUT2D eigenvalue weighted by Crippen LogP contribution is -2.31. The Hall–Kier alpha value is -2.08. The van der Waals surface area contributed by atoms with Gasteiger partial charge < -0.3 is 0 Å². The molecule has 0 amide bonds. The van der Waals surface area contributed by atoms with E-state index in [4.69, 9.17) is 0 Å². The molecule has 1 unspecified atom stereocenters. The molecule has 0 heterocycles. The van der Waals surface area contributed by atoms with Gasteiger partial charge in [-0.1, -0.05) is 79.3 Å². The fourth-order valence-electron chi connectivity index (χ4n) is 3.92. The molecule has 104 valence electrons. The first-order valence-electron chi connectivity index (χ1n) is 7.87. The molecule has 0 heteroatoms. The van der Waals surface area contributed by atoms with Crippen LogP contribution in [0.1, 0.15) is 35.6 Å². The molecule has 1 atom stereocenters. The molecule has 0 aromatic heterocycles. The Morgan fingerprint density at radius 1 is 0.857 bits per heavy atom. The van der Waals surface area contributed by atoms with E-state index in [1.54, 1.807) is 5.57 Å². The number of allylic oxidation sites excluding steroid dienone is 2. The lowest BCUT2D eigenvalue weighted by atomic mass is 9.64. The lowest BCUT2D eigenvalue weighted by molar-refractivity contribution is 0.436. The van der Waals surface area contributed by atoms with E-state index in [9.17, 15) is 0 Å². The first kappa shape index (κ1) is 12.6. The van der Waals surface area contributed by atoms with Crippen molar-refractivity contribution in [2.45, 2.75) is 26.2 Å². The van der Waals surface area contributed by atoms with Crippen LogP contribution in [0.15, 0.2) is 60.2 Å². The van der Waals surface area contributed by atoms with Crippen LogP contribution in [0.5, 0.6) is 0 Å². The van der Waals surface area contributed by atoms with Crippen molar-refractivity contribution in [1.82, 2.24) is 0 Å². The standard InChI is InChI=1S/C21H20/c1-2-20-13-17-8-4-6-10-19(17)15-21(20)12-11-16-7-3-5-9-18(16)14-21/h3-13H,2,14-15H2,1H3. The summed E-state index contributed by atoms with van der Waals surface area (Å²) >= 11 is 0. The molecule has 2 aromatic rings. The summed E-state index contributed by atoms with van der Waals surface area (Å²) in [7, 11) is 0. The van der Waals surface area contributed by atoms with Gasteiger partial charge in [0, 0.05) is 5.41 Å². The summed E-state index contributed by atoms with van der Waals surface area (Å²) in [6, 6.07) is 17.7. The molecular formula is C21H20. The van der Waals surface area contributed by atoms with E-state index in [0.29, 0.717) is 0 Å². The second kappa shape index (κ2) is 4.73. The van der Waals surface area contributed by atoms with Crippen molar-refractivity contribution in [3.63, 3.8) is 0 Å². The monoisotopic (exact) mass is 272 g/mol. The van der Waals surface area contributed by atoms with Crippen LogP contribution in [0.25, 0.3) is 12.2 Å². The van der Waals surface area contributed by atoms with Gasteiger partial charge >= 0.3 is 0 Å². The minimum Gasteiger partial charge on any atom is -0.0730 e. The van der Waals surface area contributed by atoms with Crippen molar-refractivity contribution in [3.8, 4) is 0 Å². The SMILES string of the molecule is CCC1=Cc2ccccc2CC12C=Cc1ccccc1C2. The second-order valence-corrected chi connectivity index (χ2v) is 6.26. The van der Waals surface area contributed by atoms with E-state index >= 15 is 0 Å². The average Bonchev–Trinajstić information content (AvgIpc) is 2.54. The van der Waals surface area contributed by atoms with Crippen LogP contribution < -0.4 is 0 Å². The second-order valence-electron chi connectivity index (χ2n) is 6.26. The maximum atomic E-state index is 2.46. The minimum atomic E-state index is 0.192. The molecule has 0 aliphatic heterocycles. The predicted octanol–water partition coefficient (Wildman–Crippen LogP) is 5.29. The van der Waals surface area contributed by atoms with Crippen LogP contribution in [0.3, 0.4) is 0 Å².